The number of aromatic nitrogens is 1. The number of likely N-dealkylation sites (tertiary alicyclic amines) is 1. The molecule has 1 amide bonds. The highest BCUT2D eigenvalue weighted by Gasteiger charge is 2.29. The van der Waals surface area contributed by atoms with Crippen LogP contribution in [0.15, 0.2) is 27.9 Å². The lowest BCUT2D eigenvalue weighted by molar-refractivity contribution is -0.160. The number of hydrogen-bond acceptors (Lipinski definition) is 8. The molecule has 3 heterocycles. The summed E-state index contributed by atoms with van der Waals surface area (Å²) < 4.78 is 8.10. The van der Waals surface area contributed by atoms with Crippen LogP contribution in [0.5, 0.6) is 0 Å². The highest BCUT2D eigenvalue weighted by Crippen LogP contribution is 2.23. The molecule has 1 saturated heterocycles. The van der Waals surface area contributed by atoms with Gasteiger partial charge in [-0.05, 0) is 74.1 Å². The minimum atomic E-state index is -0.0941. The van der Waals surface area contributed by atoms with Crippen LogP contribution in [-0.2, 0) is 15.8 Å². The van der Waals surface area contributed by atoms with Crippen molar-refractivity contribution in [1.82, 2.24) is 24.8 Å². The number of thiophene rings is 1. The smallest absolute Gasteiger partial charge is 0.253 e. The number of halogens is 1. The summed E-state index contributed by atoms with van der Waals surface area (Å²) >= 11 is 8.72. The van der Waals surface area contributed by atoms with E-state index in [1.807, 2.05) is 13.8 Å². The Morgan fingerprint density at radius 3 is 2.78 bits per heavy atom. The maximum atomic E-state index is 12.7. The molecule has 0 saturated carbocycles. The van der Waals surface area contributed by atoms with E-state index in [0.29, 0.717) is 35.0 Å². The molecule has 0 unspecified atom stereocenters. The summed E-state index contributed by atoms with van der Waals surface area (Å²) in [6, 6.07) is 4.59. The van der Waals surface area contributed by atoms with Gasteiger partial charge in [-0.15, -0.1) is 4.33 Å². The lowest BCUT2D eigenvalue weighted by Gasteiger charge is -2.41. The Hall–Kier alpha value is -1.89. The zero-order valence-corrected chi connectivity index (χ0v) is 24.5. The maximum Gasteiger partial charge on any atom is 0.253 e. The van der Waals surface area contributed by atoms with Gasteiger partial charge < -0.3 is 15.1 Å². The average molecular weight is 569 g/mol. The summed E-state index contributed by atoms with van der Waals surface area (Å²) in [6.07, 6.45) is 2.92. The van der Waals surface area contributed by atoms with Crippen LogP contribution in [0.3, 0.4) is 0 Å². The van der Waals surface area contributed by atoms with Crippen molar-refractivity contribution in [3.8, 4) is 0 Å². The highest BCUT2D eigenvalue weighted by molar-refractivity contribution is 7.93. The number of nitrogens with zero attached hydrogens (tertiary/aromatic N) is 4. The van der Waals surface area contributed by atoms with Crippen molar-refractivity contribution in [3.05, 3.63) is 50.4 Å². The van der Waals surface area contributed by atoms with Crippen molar-refractivity contribution in [2.45, 2.75) is 58.7 Å². The highest BCUT2D eigenvalue weighted by atomic mass is 35.5. The van der Waals surface area contributed by atoms with E-state index in [9.17, 15) is 4.79 Å². The summed E-state index contributed by atoms with van der Waals surface area (Å²) in [5.74, 6) is 0.674. The van der Waals surface area contributed by atoms with E-state index in [4.69, 9.17) is 15.9 Å². The molecule has 1 aliphatic rings. The van der Waals surface area contributed by atoms with Gasteiger partial charge in [-0.3, -0.25) is 14.5 Å². The second kappa shape index (κ2) is 14.9. The van der Waals surface area contributed by atoms with Crippen molar-refractivity contribution in [3.63, 3.8) is 0 Å². The number of amides is 1. The number of aliphatic imine (C=N–C) groups is 1. The second-order valence-electron chi connectivity index (χ2n) is 9.11. The number of carbonyl (C=O) groups is 1. The molecule has 0 spiro atoms. The summed E-state index contributed by atoms with van der Waals surface area (Å²) in [7, 11) is 3.25. The fourth-order valence-electron chi connectivity index (χ4n) is 4.71. The van der Waals surface area contributed by atoms with Gasteiger partial charge >= 0.3 is 0 Å². The van der Waals surface area contributed by atoms with Crippen molar-refractivity contribution in [2.24, 2.45) is 4.99 Å². The molecule has 3 rings (SSSR count). The SMILES string of the molecule is CN=C(NSOOC)N(Cc1ccsc1)C1CCN([C@H](C)CCNC(=O)c2c(C)cc(Cl)nc2C)CC1. The molecular formula is C25H37ClN6O3S2. The molecule has 0 bridgehead atoms. The third-order valence-corrected chi connectivity index (χ3v) is 8.05. The van der Waals surface area contributed by atoms with Crippen LogP contribution in [0.4, 0.5) is 0 Å². The van der Waals surface area contributed by atoms with Gasteiger partial charge in [-0.1, -0.05) is 11.6 Å². The molecule has 0 aliphatic carbocycles. The summed E-state index contributed by atoms with van der Waals surface area (Å²) in [4.78, 5) is 31.0. The van der Waals surface area contributed by atoms with Crippen molar-refractivity contribution >= 4 is 47.0 Å². The molecule has 204 valence electrons. The molecule has 0 aromatic carbocycles. The Labute approximate surface area is 233 Å². The minimum Gasteiger partial charge on any atom is -0.352 e. The zero-order chi connectivity index (χ0) is 26.8. The molecular weight excluding hydrogens is 532 g/mol. The first-order chi connectivity index (χ1) is 17.8. The van der Waals surface area contributed by atoms with Gasteiger partial charge in [0.1, 0.15) is 5.15 Å². The Kier molecular flexibility index (Phi) is 11.9. The first-order valence-electron chi connectivity index (χ1n) is 12.4. The van der Waals surface area contributed by atoms with Gasteiger partial charge in [0.15, 0.2) is 12.2 Å². The summed E-state index contributed by atoms with van der Waals surface area (Å²) in [5.41, 5.74) is 3.37. The number of hydrogen-bond donors (Lipinski definition) is 2. The van der Waals surface area contributed by atoms with Gasteiger partial charge in [-0.2, -0.15) is 11.3 Å². The van der Waals surface area contributed by atoms with Crippen molar-refractivity contribution in [2.75, 3.05) is 33.8 Å². The van der Waals surface area contributed by atoms with E-state index < -0.39 is 0 Å². The third-order valence-electron chi connectivity index (χ3n) is 6.66. The van der Waals surface area contributed by atoms with Crippen molar-refractivity contribution in [1.29, 1.82) is 0 Å². The van der Waals surface area contributed by atoms with E-state index in [0.717, 1.165) is 62.6 Å². The standard InChI is InChI=1S/C25H37ClN6O3S2/c1-17-14-22(26)29-19(3)23(17)24(33)28-10-6-18(2)31-11-7-21(8-12-31)32(15-20-9-13-36-16-20)25(27-4)30-37-35-34-5/h9,13-14,16,18,21H,6-8,10-12,15H2,1-5H3,(H,27,30)(H,28,33)/t18-/m1/s1. The summed E-state index contributed by atoms with van der Waals surface area (Å²) in [5, 5.41) is 7.75. The van der Waals surface area contributed by atoms with Gasteiger partial charge in [0.2, 0.25) is 5.96 Å². The molecule has 2 N–H and O–H groups in total. The molecule has 1 atom stereocenters. The van der Waals surface area contributed by atoms with Crippen LogP contribution < -0.4 is 10.0 Å². The van der Waals surface area contributed by atoms with Crippen LogP contribution in [0.1, 0.15) is 53.4 Å². The Morgan fingerprint density at radius 1 is 1.41 bits per heavy atom. The topological polar surface area (TPSA) is 91.3 Å². The monoisotopic (exact) mass is 568 g/mol. The molecule has 1 fully saturated rings. The van der Waals surface area contributed by atoms with E-state index >= 15 is 0 Å². The fraction of sp³-hybridized carbons (Fsp3) is 0.560. The van der Waals surface area contributed by atoms with E-state index in [-0.39, 0.29) is 5.91 Å². The lowest BCUT2D eigenvalue weighted by atomic mass is 10.0. The molecule has 1 aliphatic heterocycles. The number of nitrogens with one attached hydrogen (secondary N) is 2. The molecule has 2 aromatic rings. The van der Waals surface area contributed by atoms with Crippen LogP contribution in [0.25, 0.3) is 0 Å². The zero-order valence-electron chi connectivity index (χ0n) is 22.1. The maximum absolute atomic E-state index is 12.7. The average Bonchev–Trinajstić information content (AvgIpc) is 3.38. The third kappa shape index (κ3) is 8.56. The minimum absolute atomic E-state index is 0.0941. The normalized spacial score (nSPS) is 16.0. The fourth-order valence-corrected chi connectivity index (χ4v) is 6.04. The van der Waals surface area contributed by atoms with E-state index in [1.54, 1.807) is 24.5 Å². The first kappa shape index (κ1) is 29.7. The largest absolute Gasteiger partial charge is 0.352 e. The van der Waals surface area contributed by atoms with Gasteiger partial charge in [0.25, 0.3) is 5.91 Å². The number of guanidine groups is 1. The predicted molar refractivity (Wildman–Crippen MR) is 152 cm³/mol. The van der Waals surface area contributed by atoms with Crippen LogP contribution in [0.2, 0.25) is 5.15 Å². The summed E-state index contributed by atoms with van der Waals surface area (Å²) in [6.45, 7) is 9.29. The number of rotatable bonds is 11. The van der Waals surface area contributed by atoms with Gasteiger partial charge in [0, 0.05) is 45.3 Å². The van der Waals surface area contributed by atoms with Crippen LogP contribution >= 0.6 is 35.2 Å². The van der Waals surface area contributed by atoms with Gasteiger partial charge in [0.05, 0.1) is 18.4 Å². The van der Waals surface area contributed by atoms with Crippen LogP contribution in [-0.4, -0.2) is 72.5 Å². The Balaban J connectivity index is 1.52. The quantitative estimate of drug-likeness (QED) is 0.0594. The first-order valence-corrected chi connectivity index (χ1v) is 14.4. The van der Waals surface area contributed by atoms with E-state index in [2.05, 4.69) is 58.5 Å². The number of carbonyl (C=O) groups excluding carboxylic acids is 1. The van der Waals surface area contributed by atoms with E-state index in [1.165, 1.54) is 12.7 Å². The lowest BCUT2D eigenvalue weighted by Crippen LogP contribution is -2.51. The van der Waals surface area contributed by atoms with Crippen LogP contribution in [0, 0.1) is 13.8 Å². The number of piperidine rings is 1. The van der Waals surface area contributed by atoms with Crippen molar-refractivity contribution < 1.29 is 14.0 Å². The molecule has 12 heteroatoms. The Bertz CT molecular complexity index is 1010. The second-order valence-corrected chi connectivity index (χ2v) is 10.8. The predicted octanol–water partition coefficient (Wildman–Crippen LogP) is 4.60. The Morgan fingerprint density at radius 2 is 2.16 bits per heavy atom. The molecule has 37 heavy (non-hydrogen) atoms. The number of pyridine rings is 1. The molecule has 2 aromatic heterocycles. The van der Waals surface area contributed by atoms with Gasteiger partial charge in [-0.25, -0.2) is 9.87 Å². The molecule has 9 nitrogen and oxygen atoms in total. The molecule has 0 radical (unpaired) electrons. The number of aryl methyl sites for hydroxylation is 2.